The summed E-state index contributed by atoms with van der Waals surface area (Å²) in [6.07, 6.45) is 4.94. The van der Waals surface area contributed by atoms with E-state index < -0.39 is 23.7 Å². The van der Waals surface area contributed by atoms with Crippen LogP contribution in [0.5, 0.6) is 0 Å². The van der Waals surface area contributed by atoms with Crippen LogP contribution in [0.15, 0.2) is 36.7 Å². The smallest absolute Gasteiger partial charge is 0.322 e. The number of aromatic nitrogens is 2. The van der Waals surface area contributed by atoms with Gasteiger partial charge in [0.15, 0.2) is 0 Å². The topological polar surface area (TPSA) is 133 Å². The summed E-state index contributed by atoms with van der Waals surface area (Å²) >= 11 is 0. The van der Waals surface area contributed by atoms with Crippen LogP contribution in [0.1, 0.15) is 23.2 Å². The van der Waals surface area contributed by atoms with Crippen LogP contribution in [0.4, 0.5) is 16.0 Å². The summed E-state index contributed by atoms with van der Waals surface area (Å²) in [7, 11) is 0. The molecule has 1 atom stereocenters. The minimum Gasteiger partial charge on any atom is -0.480 e. The number of hydrogen-bond acceptors (Lipinski definition) is 7. The monoisotopic (exact) mass is 402 g/mol. The molecular formula is C19H23FN6O3. The number of benzene rings is 1. The average molecular weight is 402 g/mol. The lowest BCUT2D eigenvalue weighted by Gasteiger charge is -2.34. The maximum atomic E-state index is 14.6. The first-order valence-corrected chi connectivity index (χ1v) is 9.28. The Bertz CT molecular complexity index is 858. The van der Waals surface area contributed by atoms with E-state index in [9.17, 15) is 14.0 Å². The molecule has 2 heterocycles. The zero-order valence-corrected chi connectivity index (χ0v) is 15.7. The minimum atomic E-state index is -1.22. The van der Waals surface area contributed by atoms with Gasteiger partial charge in [0.05, 0.1) is 5.69 Å². The number of anilines is 2. The number of carboxylic acid groups (broad SMARTS) is 1. The average Bonchev–Trinajstić information content (AvgIpc) is 2.73. The maximum absolute atomic E-state index is 14.6. The van der Waals surface area contributed by atoms with Crippen molar-refractivity contribution in [2.24, 2.45) is 5.73 Å². The molecule has 1 aliphatic heterocycles. The van der Waals surface area contributed by atoms with Crippen molar-refractivity contribution < 1.29 is 19.1 Å². The molecular weight excluding hydrogens is 379 g/mol. The Balaban J connectivity index is 1.55. The number of rotatable bonds is 7. The fraction of sp³-hybridized carbons (Fsp3) is 0.368. The van der Waals surface area contributed by atoms with Crippen LogP contribution >= 0.6 is 0 Å². The molecule has 1 fully saturated rings. The van der Waals surface area contributed by atoms with E-state index in [0.717, 1.165) is 18.9 Å². The molecule has 1 aliphatic rings. The van der Waals surface area contributed by atoms with Gasteiger partial charge in [-0.15, -0.1) is 0 Å². The molecule has 5 N–H and O–H groups in total. The largest absolute Gasteiger partial charge is 0.480 e. The molecule has 29 heavy (non-hydrogen) atoms. The third-order valence-electron chi connectivity index (χ3n) is 4.74. The molecule has 1 saturated heterocycles. The third kappa shape index (κ3) is 5.38. The van der Waals surface area contributed by atoms with Gasteiger partial charge in [0, 0.05) is 43.6 Å². The maximum Gasteiger partial charge on any atom is 0.322 e. The summed E-state index contributed by atoms with van der Waals surface area (Å²) in [5.74, 6) is -1.71. The van der Waals surface area contributed by atoms with Crippen molar-refractivity contribution in [1.82, 2.24) is 15.3 Å². The Hall–Kier alpha value is -3.27. The van der Waals surface area contributed by atoms with Crippen molar-refractivity contribution in [3.05, 3.63) is 48.0 Å². The SMILES string of the molecule is N[C@@H](CNC(=O)c1ccc(N2CCC(Nc3ncccn3)CC2)c(F)c1)C(=O)O. The van der Waals surface area contributed by atoms with Crippen LogP contribution in [0.3, 0.4) is 0 Å². The minimum absolute atomic E-state index is 0.113. The van der Waals surface area contributed by atoms with Gasteiger partial charge in [0.25, 0.3) is 5.91 Å². The molecule has 1 aromatic heterocycles. The van der Waals surface area contributed by atoms with Crippen molar-refractivity contribution >= 4 is 23.5 Å². The summed E-state index contributed by atoms with van der Waals surface area (Å²) in [5.41, 5.74) is 5.89. The summed E-state index contributed by atoms with van der Waals surface area (Å²) in [5, 5.41) is 14.4. The number of nitrogens with zero attached hydrogens (tertiary/aromatic N) is 3. The molecule has 1 amide bonds. The van der Waals surface area contributed by atoms with E-state index in [-0.39, 0.29) is 18.2 Å². The highest BCUT2D eigenvalue weighted by molar-refractivity contribution is 5.95. The molecule has 10 heteroatoms. The second kappa shape index (κ2) is 9.28. The van der Waals surface area contributed by atoms with Gasteiger partial charge < -0.3 is 26.4 Å². The predicted octanol–water partition coefficient (Wildman–Crippen LogP) is 0.838. The molecule has 0 unspecified atom stereocenters. The van der Waals surface area contributed by atoms with E-state index in [2.05, 4.69) is 20.6 Å². The number of carbonyl (C=O) groups excluding carboxylic acids is 1. The van der Waals surface area contributed by atoms with E-state index >= 15 is 0 Å². The van der Waals surface area contributed by atoms with Crippen molar-refractivity contribution in [1.29, 1.82) is 0 Å². The zero-order chi connectivity index (χ0) is 20.8. The summed E-state index contributed by atoms with van der Waals surface area (Å²) in [4.78, 5) is 33.0. The fourth-order valence-electron chi connectivity index (χ4n) is 3.12. The third-order valence-corrected chi connectivity index (χ3v) is 4.74. The highest BCUT2D eigenvalue weighted by Crippen LogP contribution is 2.25. The van der Waals surface area contributed by atoms with Crippen molar-refractivity contribution in [3.63, 3.8) is 0 Å². The molecule has 0 radical (unpaired) electrons. The first-order chi connectivity index (χ1) is 13.9. The summed E-state index contributed by atoms with van der Waals surface area (Å²) < 4.78 is 14.6. The van der Waals surface area contributed by atoms with E-state index in [1.54, 1.807) is 24.5 Å². The number of amides is 1. The van der Waals surface area contributed by atoms with Gasteiger partial charge in [-0.1, -0.05) is 0 Å². The van der Waals surface area contributed by atoms with Gasteiger partial charge in [-0.05, 0) is 37.1 Å². The van der Waals surface area contributed by atoms with Gasteiger partial charge in [-0.3, -0.25) is 9.59 Å². The molecule has 0 saturated carbocycles. The second-order valence-electron chi connectivity index (χ2n) is 6.80. The molecule has 0 spiro atoms. The molecule has 1 aromatic carbocycles. The highest BCUT2D eigenvalue weighted by atomic mass is 19.1. The molecule has 0 aliphatic carbocycles. The van der Waals surface area contributed by atoms with Gasteiger partial charge in [-0.25, -0.2) is 14.4 Å². The number of nitrogens with one attached hydrogen (secondary N) is 2. The van der Waals surface area contributed by atoms with Crippen molar-refractivity contribution in [2.75, 3.05) is 29.9 Å². The summed E-state index contributed by atoms with van der Waals surface area (Å²) in [6, 6.07) is 4.98. The lowest BCUT2D eigenvalue weighted by molar-refractivity contribution is -0.138. The van der Waals surface area contributed by atoms with E-state index in [1.807, 2.05) is 4.90 Å². The number of hydrogen-bond donors (Lipinski definition) is 4. The lowest BCUT2D eigenvalue weighted by Crippen LogP contribution is -2.42. The number of piperidine rings is 1. The van der Waals surface area contributed by atoms with Crippen LogP contribution in [0, 0.1) is 5.82 Å². The molecule has 0 bridgehead atoms. The van der Waals surface area contributed by atoms with E-state index in [1.165, 1.54) is 6.07 Å². The summed E-state index contributed by atoms with van der Waals surface area (Å²) in [6.45, 7) is 1.07. The second-order valence-corrected chi connectivity index (χ2v) is 6.80. The normalized spacial score (nSPS) is 15.6. The van der Waals surface area contributed by atoms with Gasteiger partial charge in [-0.2, -0.15) is 0 Å². The van der Waals surface area contributed by atoms with Crippen LogP contribution in [-0.2, 0) is 4.79 Å². The zero-order valence-electron chi connectivity index (χ0n) is 15.7. The number of carbonyl (C=O) groups is 2. The molecule has 9 nitrogen and oxygen atoms in total. The standard InChI is InChI=1S/C19H23FN6O3/c20-14-10-12(17(27)24-11-15(21)18(28)29)2-3-16(14)26-8-4-13(5-9-26)25-19-22-6-1-7-23-19/h1-3,6-7,10,13,15H,4-5,8-9,11,21H2,(H,24,27)(H,28,29)(H,22,23,25)/t15-/m0/s1. The first-order valence-electron chi connectivity index (χ1n) is 9.28. The number of carboxylic acids is 1. The molecule has 154 valence electrons. The van der Waals surface area contributed by atoms with Crippen molar-refractivity contribution in [2.45, 2.75) is 24.9 Å². The Morgan fingerprint density at radius 3 is 2.59 bits per heavy atom. The van der Waals surface area contributed by atoms with Gasteiger partial charge >= 0.3 is 5.97 Å². The number of aliphatic carboxylic acids is 1. The molecule has 2 aromatic rings. The van der Waals surface area contributed by atoms with Crippen LogP contribution in [0.2, 0.25) is 0 Å². The van der Waals surface area contributed by atoms with Gasteiger partial charge in [0.1, 0.15) is 11.9 Å². The van der Waals surface area contributed by atoms with E-state index in [0.29, 0.717) is 24.7 Å². The van der Waals surface area contributed by atoms with Crippen LogP contribution < -0.4 is 21.3 Å². The molecule has 3 rings (SSSR count). The number of halogens is 1. The lowest BCUT2D eigenvalue weighted by atomic mass is 10.0. The number of nitrogens with two attached hydrogens (primary N) is 1. The highest BCUT2D eigenvalue weighted by Gasteiger charge is 2.22. The van der Waals surface area contributed by atoms with Gasteiger partial charge in [0.2, 0.25) is 5.95 Å². The predicted molar refractivity (Wildman–Crippen MR) is 105 cm³/mol. The first kappa shape index (κ1) is 20.5. The quantitative estimate of drug-likeness (QED) is 0.535. The van der Waals surface area contributed by atoms with Crippen LogP contribution in [0.25, 0.3) is 0 Å². The Kier molecular flexibility index (Phi) is 6.55. The van der Waals surface area contributed by atoms with E-state index in [4.69, 9.17) is 10.8 Å². The Labute approximate surface area is 167 Å². The Morgan fingerprint density at radius 1 is 1.28 bits per heavy atom. The fourth-order valence-corrected chi connectivity index (χ4v) is 3.12. The van der Waals surface area contributed by atoms with Crippen molar-refractivity contribution in [3.8, 4) is 0 Å². The van der Waals surface area contributed by atoms with Crippen LogP contribution in [-0.4, -0.2) is 58.7 Å². The Morgan fingerprint density at radius 2 is 1.97 bits per heavy atom.